The fraction of sp³-hybridized carbons (Fsp3) is 0.562. The Kier molecular flexibility index (Phi) is 5.34. The molecule has 1 unspecified atom stereocenters. The zero-order valence-corrected chi connectivity index (χ0v) is 14.0. The van der Waals surface area contributed by atoms with Crippen LogP contribution < -0.4 is 5.32 Å². The molecule has 0 fully saturated rings. The molecule has 122 valence electrons. The first-order valence-electron chi connectivity index (χ1n) is 7.50. The van der Waals surface area contributed by atoms with Gasteiger partial charge >= 0.3 is 6.03 Å². The first-order chi connectivity index (χ1) is 10.3. The van der Waals surface area contributed by atoms with Gasteiger partial charge in [0, 0.05) is 17.2 Å². The molecular weight excluding hydrogens is 303 g/mol. The molecule has 1 aliphatic rings. The molecule has 6 heteroatoms. The molecule has 22 heavy (non-hydrogen) atoms. The Hall–Kier alpha value is -1.27. The highest BCUT2D eigenvalue weighted by atomic mass is 32.2. The Morgan fingerprint density at radius 3 is 2.91 bits per heavy atom. The summed E-state index contributed by atoms with van der Waals surface area (Å²) in [5.74, 6) is 0.602. The Balaban J connectivity index is 2.11. The fourth-order valence-corrected chi connectivity index (χ4v) is 3.66. The van der Waals surface area contributed by atoms with Crippen LogP contribution in [0, 0.1) is 5.82 Å². The summed E-state index contributed by atoms with van der Waals surface area (Å²) >= 11 is 1.68. The van der Waals surface area contributed by atoms with E-state index in [1.165, 1.54) is 12.1 Å². The van der Waals surface area contributed by atoms with Crippen molar-refractivity contribution in [3.05, 3.63) is 29.6 Å². The average molecular weight is 326 g/mol. The Bertz CT molecular complexity index is 545. The maximum Gasteiger partial charge on any atom is 0.317 e. The number of benzene rings is 1. The van der Waals surface area contributed by atoms with Gasteiger partial charge in [-0.1, -0.05) is 0 Å². The summed E-state index contributed by atoms with van der Waals surface area (Å²) in [7, 11) is 0. The predicted molar refractivity (Wildman–Crippen MR) is 86.6 cm³/mol. The van der Waals surface area contributed by atoms with Crippen molar-refractivity contribution in [2.24, 2.45) is 0 Å². The van der Waals surface area contributed by atoms with E-state index in [0.29, 0.717) is 6.54 Å². The van der Waals surface area contributed by atoms with Crippen LogP contribution in [0.25, 0.3) is 0 Å². The van der Waals surface area contributed by atoms with Gasteiger partial charge in [0.05, 0.1) is 18.2 Å². The van der Waals surface area contributed by atoms with Crippen LogP contribution in [0.5, 0.6) is 0 Å². The SMILES string of the molecule is CCN(CC(C)(C)O)C(=O)NC1CCSc2ccc(F)cc21. The number of carbonyl (C=O) groups is 1. The summed E-state index contributed by atoms with van der Waals surface area (Å²) in [5.41, 5.74) is -0.108. The van der Waals surface area contributed by atoms with Gasteiger partial charge in [0.15, 0.2) is 0 Å². The van der Waals surface area contributed by atoms with Gasteiger partial charge in [0.1, 0.15) is 5.82 Å². The van der Waals surface area contributed by atoms with Crippen LogP contribution in [-0.2, 0) is 0 Å². The minimum absolute atomic E-state index is 0.185. The maximum absolute atomic E-state index is 13.5. The number of nitrogens with zero attached hydrogens (tertiary/aromatic N) is 1. The molecule has 0 saturated carbocycles. The molecule has 2 rings (SSSR count). The first-order valence-corrected chi connectivity index (χ1v) is 8.49. The second kappa shape index (κ2) is 6.87. The van der Waals surface area contributed by atoms with Crippen molar-refractivity contribution >= 4 is 17.8 Å². The largest absolute Gasteiger partial charge is 0.389 e. The maximum atomic E-state index is 13.5. The molecule has 0 saturated heterocycles. The fourth-order valence-electron chi connectivity index (χ4n) is 2.55. The number of hydrogen-bond acceptors (Lipinski definition) is 3. The third-order valence-corrected chi connectivity index (χ3v) is 4.68. The van der Waals surface area contributed by atoms with Crippen LogP contribution in [0.3, 0.4) is 0 Å². The lowest BCUT2D eigenvalue weighted by Crippen LogP contribution is -2.48. The lowest BCUT2D eigenvalue weighted by Gasteiger charge is -2.32. The van der Waals surface area contributed by atoms with Crippen LogP contribution in [0.2, 0.25) is 0 Å². The highest BCUT2D eigenvalue weighted by molar-refractivity contribution is 7.99. The van der Waals surface area contributed by atoms with Crippen molar-refractivity contribution < 1.29 is 14.3 Å². The molecular formula is C16H23FN2O2S. The summed E-state index contributed by atoms with van der Waals surface area (Å²) in [5, 5.41) is 12.9. The second-order valence-electron chi connectivity index (χ2n) is 6.15. The summed E-state index contributed by atoms with van der Waals surface area (Å²) in [6, 6.07) is 4.30. The molecule has 0 bridgehead atoms. The van der Waals surface area contributed by atoms with Crippen molar-refractivity contribution in [2.45, 2.75) is 43.7 Å². The Morgan fingerprint density at radius 1 is 1.55 bits per heavy atom. The van der Waals surface area contributed by atoms with Gasteiger partial charge in [-0.05, 0) is 51.0 Å². The number of nitrogens with one attached hydrogen (secondary N) is 1. The number of rotatable bonds is 4. The van der Waals surface area contributed by atoms with Crippen LogP contribution in [-0.4, -0.2) is 40.5 Å². The minimum atomic E-state index is -0.945. The summed E-state index contributed by atoms with van der Waals surface area (Å²) in [6.45, 7) is 5.98. The lowest BCUT2D eigenvalue weighted by molar-refractivity contribution is 0.0475. The van der Waals surface area contributed by atoms with E-state index in [0.717, 1.165) is 22.6 Å². The van der Waals surface area contributed by atoms with Gasteiger partial charge in [0.25, 0.3) is 0 Å². The molecule has 1 heterocycles. The summed E-state index contributed by atoms with van der Waals surface area (Å²) in [4.78, 5) is 15.0. The van der Waals surface area contributed by atoms with E-state index in [1.807, 2.05) is 6.92 Å². The standard InChI is InChI=1S/C16H23FN2O2S/c1-4-19(10-16(2,3)21)15(20)18-13-7-8-22-14-6-5-11(17)9-12(13)14/h5-6,9,13,21H,4,7-8,10H2,1-3H3,(H,18,20). The highest BCUT2D eigenvalue weighted by Crippen LogP contribution is 2.36. The van der Waals surface area contributed by atoms with E-state index in [4.69, 9.17) is 0 Å². The quantitative estimate of drug-likeness (QED) is 0.893. The highest BCUT2D eigenvalue weighted by Gasteiger charge is 2.26. The van der Waals surface area contributed by atoms with Gasteiger partial charge < -0.3 is 15.3 Å². The van der Waals surface area contributed by atoms with Crippen molar-refractivity contribution in [3.63, 3.8) is 0 Å². The number of amides is 2. The van der Waals surface area contributed by atoms with E-state index in [2.05, 4.69) is 5.32 Å². The second-order valence-corrected chi connectivity index (χ2v) is 7.28. The number of hydrogen-bond donors (Lipinski definition) is 2. The smallest absolute Gasteiger partial charge is 0.317 e. The van der Waals surface area contributed by atoms with E-state index < -0.39 is 5.60 Å². The number of fused-ring (bicyclic) bond motifs is 1. The zero-order chi connectivity index (χ0) is 16.3. The normalized spacial score (nSPS) is 17.8. The minimum Gasteiger partial charge on any atom is -0.389 e. The van der Waals surface area contributed by atoms with Crippen molar-refractivity contribution in [1.82, 2.24) is 10.2 Å². The number of aliphatic hydroxyl groups is 1. The molecule has 1 aromatic carbocycles. The van der Waals surface area contributed by atoms with Crippen LogP contribution in [0.1, 0.15) is 38.8 Å². The molecule has 0 aliphatic carbocycles. The summed E-state index contributed by atoms with van der Waals surface area (Å²) in [6.07, 6.45) is 0.771. The van der Waals surface area contributed by atoms with E-state index >= 15 is 0 Å². The topological polar surface area (TPSA) is 52.6 Å². The van der Waals surface area contributed by atoms with Gasteiger partial charge in [-0.2, -0.15) is 0 Å². The molecule has 0 radical (unpaired) electrons. The van der Waals surface area contributed by atoms with Gasteiger partial charge in [-0.3, -0.25) is 0 Å². The monoisotopic (exact) mass is 326 g/mol. The van der Waals surface area contributed by atoms with Crippen LogP contribution in [0.4, 0.5) is 9.18 Å². The molecule has 0 aromatic heterocycles. The summed E-state index contributed by atoms with van der Waals surface area (Å²) < 4.78 is 13.5. The van der Waals surface area contributed by atoms with E-state index in [9.17, 15) is 14.3 Å². The van der Waals surface area contributed by atoms with E-state index in [-0.39, 0.29) is 24.4 Å². The Morgan fingerprint density at radius 2 is 2.27 bits per heavy atom. The third-order valence-electron chi connectivity index (χ3n) is 3.56. The average Bonchev–Trinajstić information content (AvgIpc) is 2.44. The van der Waals surface area contributed by atoms with Crippen molar-refractivity contribution in [3.8, 4) is 0 Å². The van der Waals surface area contributed by atoms with Crippen LogP contribution in [0.15, 0.2) is 23.1 Å². The predicted octanol–water partition coefficient (Wildman–Crippen LogP) is 3.17. The van der Waals surface area contributed by atoms with Gasteiger partial charge in [0.2, 0.25) is 0 Å². The molecule has 2 amide bonds. The number of urea groups is 1. The number of thioether (sulfide) groups is 1. The van der Waals surface area contributed by atoms with Crippen LogP contribution >= 0.6 is 11.8 Å². The number of likely N-dealkylation sites (N-methyl/N-ethyl adjacent to an activating group) is 1. The van der Waals surface area contributed by atoms with Gasteiger partial charge in [-0.25, -0.2) is 9.18 Å². The molecule has 1 atom stereocenters. The molecule has 1 aliphatic heterocycles. The lowest BCUT2D eigenvalue weighted by atomic mass is 10.0. The van der Waals surface area contributed by atoms with E-state index in [1.54, 1.807) is 36.6 Å². The van der Waals surface area contributed by atoms with Crippen molar-refractivity contribution in [1.29, 1.82) is 0 Å². The first kappa shape index (κ1) is 17.1. The Labute approximate surface area is 135 Å². The molecule has 4 nitrogen and oxygen atoms in total. The molecule has 1 aromatic rings. The number of carbonyl (C=O) groups excluding carboxylic acids is 1. The molecule has 0 spiro atoms. The molecule has 2 N–H and O–H groups in total. The zero-order valence-electron chi connectivity index (χ0n) is 13.2. The number of halogens is 1. The van der Waals surface area contributed by atoms with Gasteiger partial charge in [-0.15, -0.1) is 11.8 Å². The van der Waals surface area contributed by atoms with Crippen molar-refractivity contribution in [2.75, 3.05) is 18.8 Å². The third kappa shape index (κ3) is 4.36.